The van der Waals surface area contributed by atoms with Gasteiger partial charge in [-0.2, -0.15) is 0 Å². The Morgan fingerprint density at radius 1 is 1.40 bits per heavy atom. The number of carbonyl (C=O) groups excluding carboxylic acids is 1. The lowest BCUT2D eigenvalue weighted by atomic mass is 10.1. The first kappa shape index (κ1) is 14.8. The fourth-order valence-corrected chi connectivity index (χ4v) is 2.31. The van der Waals surface area contributed by atoms with E-state index in [0.717, 1.165) is 37.3 Å². The SMILES string of the molecule is CC(C)(C)OC(=O)CCCc1ccc2c(n1)NCCC2. The van der Waals surface area contributed by atoms with E-state index < -0.39 is 5.60 Å². The van der Waals surface area contributed by atoms with E-state index in [1.807, 2.05) is 20.8 Å². The van der Waals surface area contributed by atoms with Crippen molar-refractivity contribution in [3.8, 4) is 0 Å². The molecular formula is C16H24N2O2. The highest BCUT2D eigenvalue weighted by atomic mass is 16.6. The van der Waals surface area contributed by atoms with E-state index in [0.29, 0.717) is 6.42 Å². The first-order chi connectivity index (χ1) is 9.44. The molecule has 0 fully saturated rings. The molecular weight excluding hydrogens is 252 g/mol. The lowest BCUT2D eigenvalue weighted by molar-refractivity contribution is -0.154. The minimum Gasteiger partial charge on any atom is -0.460 e. The molecule has 0 bridgehead atoms. The molecule has 1 aromatic rings. The van der Waals surface area contributed by atoms with E-state index >= 15 is 0 Å². The largest absolute Gasteiger partial charge is 0.460 e. The van der Waals surface area contributed by atoms with Crippen LogP contribution in [-0.2, 0) is 22.4 Å². The fourth-order valence-electron chi connectivity index (χ4n) is 2.31. The zero-order chi connectivity index (χ0) is 14.6. The summed E-state index contributed by atoms with van der Waals surface area (Å²) >= 11 is 0. The first-order valence-electron chi connectivity index (χ1n) is 7.38. The first-order valence-corrected chi connectivity index (χ1v) is 7.38. The van der Waals surface area contributed by atoms with Crippen LogP contribution in [0.2, 0.25) is 0 Å². The zero-order valence-electron chi connectivity index (χ0n) is 12.7. The molecule has 0 aromatic carbocycles. The molecule has 1 N–H and O–H groups in total. The zero-order valence-corrected chi connectivity index (χ0v) is 12.7. The van der Waals surface area contributed by atoms with Gasteiger partial charge in [0, 0.05) is 18.7 Å². The Balaban J connectivity index is 1.81. The standard InChI is InChI=1S/C16H24N2O2/c1-16(2,3)20-14(19)8-4-7-13-10-9-12-6-5-11-17-15(12)18-13/h9-10H,4-8,11H2,1-3H3,(H,17,18). The van der Waals surface area contributed by atoms with Gasteiger partial charge in [0.25, 0.3) is 0 Å². The van der Waals surface area contributed by atoms with Gasteiger partial charge < -0.3 is 10.1 Å². The second-order valence-electron chi connectivity index (χ2n) is 6.28. The van der Waals surface area contributed by atoms with E-state index in [-0.39, 0.29) is 5.97 Å². The molecule has 1 aliphatic rings. The predicted molar refractivity (Wildman–Crippen MR) is 79.8 cm³/mol. The Hall–Kier alpha value is -1.58. The Labute approximate surface area is 120 Å². The van der Waals surface area contributed by atoms with Crippen molar-refractivity contribution in [1.82, 2.24) is 4.98 Å². The molecule has 4 nitrogen and oxygen atoms in total. The van der Waals surface area contributed by atoms with Crippen molar-refractivity contribution in [3.05, 3.63) is 23.4 Å². The third-order valence-corrected chi connectivity index (χ3v) is 3.19. The minimum absolute atomic E-state index is 0.131. The molecule has 4 heteroatoms. The van der Waals surface area contributed by atoms with Crippen LogP contribution in [0, 0.1) is 0 Å². The van der Waals surface area contributed by atoms with Gasteiger partial charge in [-0.25, -0.2) is 4.98 Å². The number of ether oxygens (including phenoxy) is 1. The molecule has 0 spiro atoms. The van der Waals surface area contributed by atoms with Crippen LogP contribution in [0.4, 0.5) is 5.82 Å². The quantitative estimate of drug-likeness (QED) is 0.859. The number of hydrogen-bond donors (Lipinski definition) is 1. The summed E-state index contributed by atoms with van der Waals surface area (Å²) in [5.41, 5.74) is 1.94. The highest BCUT2D eigenvalue weighted by molar-refractivity contribution is 5.69. The number of pyridine rings is 1. The van der Waals surface area contributed by atoms with Crippen molar-refractivity contribution >= 4 is 11.8 Å². The monoisotopic (exact) mass is 276 g/mol. The molecule has 0 radical (unpaired) electrons. The second kappa shape index (κ2) is 6.25. The second-order valence-corrected chi connectivity index (χ2v) is 6.28. The number of aromatic nitrogens is 1. The minimum atomic E-state index is -0.398. The average molecular weight is 276 g/mol. The van der Waals surface area contributed by atoms with Crippen LogP contribution in [0.25, 0.3) is 0 Å². The fraction of sp³-hybridized carbons (Fsp3) is 0.625. The maximum Gasteiger partial charge on any atom is 0.306 e. The highest BCUT2D eigenvalue weighted by Crippen LogP contribution is 2.20. The number of fused-ring (bicyclic) bond motifs is 1. The molecule has 1 aliphatic heterocycles. The Morgan fingerprint density at radius 2 is 2.20 bits per heavy atom. The van der Waals surface area contributed by atoms with Gasteiger partial charge in [-0.3, -0.25) is 4.79 Å². The third-order valence-electron chi connectivity index (χ3n) is 3.19. The van der Waals surface area contributed by atoms with Gasteiger partial charge in [0.2, 0.25) is 0 Å². The third kappa shape index (κ3) is 4.51. The van der Waals surface area contributed by atoms with Gasteiger partial charge >= 0.3 is 5.97 Å². The summed E-state index contributed by atoms with van der Waals surface area (Å²) in [6.07, 6.45) is 4.32. The van der Waals surface area contributed by atoms with Gasteiger partial charge in [0.15, 0.2) is 0 Å². The van der Waals surface area contributed by atoms with Gasteiger partial charge in [0.1, 0.15) is 11.4 Å². The summed E-state index contributed by atoms with van der Waals surface area (Å²) in [4.78, 5) is 16.2. The van der Waals surface area contributed by atoms with E-state index in [4.69, 9.17) is 4.74 Å². The van der Waals surface area contributed by atoms with E-state index in [1.165, 1.54) is 12.0 Å². The van der Waals surface area contributed by atoms with Gasteiger partial charge in [-0.15, -0.1) is 0 Å². The van der Waals surface area contributed by atoms with Crippen molar-refractivity contribution in [2.45, 2.75) is 58.5 Å². The number of nitrogens with one attached hydrogen (secondary N) is 1. The molecule has 0 saturated carbocycles. The van der Waals surface area contributed by atoms with E-state index in [9.17, 15) is 4.79 Å². The molecule has 2 rings (SSSR count). The summed E-state index contributed by atoms with van der Waals surface area (Å²) in [5.74, 6) is 0.889. The summed E-state index contributed by atoms with van der Waals surface area (Å²) < 4.78 is 5.29. The normalized spacial score (nSPS) is 14.3. The van der Waals surface area contributed by atoms with Crippen LogP contribution in [0.1, 0.15) is 51.3 Å². The van der Waals surface area contributed by atoms with E-state index in [2.05, 4.69) is 22.4 Å². The van der Waals surface area contributed by atoms with Crippen molar-refractivity contribution < 1.29 is 9.53 Å². The maximum atomic E-state index is 11.6. The molecule has 2 heterocycles. The number of carbonyl (C=O) groups is 1. The van der Waals surface area contributed by atoms with Gasteiger partial charge in [-0.1, -0.05) is 6.07 Å². The molecule has 110 valence electrons. The summed E-state index contributed by atoms with van der Waals surface area (Å²) in [7, 11) is 0. The van der Waals surface area contributed by atoms with Crippen LogP contribution >= 0.6 is 0 Å². The van der Waals surface area contributed by atoms with Crippen molar-refractivity contribution in [1.29, 1.82) is 0 Å². The van der Waals surface area contributed by atoms with Crippen molar-refractivity contribution in [2.24, 2.45) is 0 Å². The number of nitrogens with zero attached hydrogens (tertiary/aromatic N) is 1. The topological polar surface area (TPSA) is 51.2 Å². The van der Waals surface area contributed by atoms with E-state index in [1.54, 1.807) is 0 Å². The average Bonchev–Trinajstić information content (AvgIpc) is 2.36. The molecule has 0 amide bonds. The van der Waals surface area contributed by atoms with Crippen LogP contribution in [-0.4, -0.2) is 23.1 Å². The van der Waals surface area contributed by atoms with Crippen molar-refractivity contribution in [2.75, 3.05) is 11.9 Å². The Kier molecular flexibility index (Phi) is 4.63. The number of rotatable bonds is 4. The molecule has 0 unspecified atom stereocenters. The summed E-state index contributed by atoms with van der Waals surface area (Å²) in [6, 6.07) is 4.22. The lowest BCUT2D eigenvalue weighted by Crippen LogP contribution is -2.23. The van der Waals surface area contributed by atoms with Crippen LogP contribution in [0.3, 0.4) is 0 Å². The molecule has 20 heavy (non-hydrogen) atoms. The lowest BCUT2D eigenvalue weighted by Gasteiger charge is -2.19. The molecule has 0 saturated heterocycles. The maximum absolute atomic E-state index is 11.6. The van der Waals surface area contributed by atoms with Crippen molar-refractivity contribution in [3.63, 3.8) is 0 Å². The molecule has 1 aromatic heterocycles. The number of anilines is 1. The summed E-state index contributed by atoms with van der Waals surface area (Å²) in [5, 5.41) is 3.33. The smallest absolute Gasteiger partial charge is 0.306 e. The Morgan fingerprint density at radius 3 is 2.95 bits per heavy atom. The molecule has 0 atom stereocenters. The van der Waals surface area contributed by atoms with Gasteiger partial charge in [-0.05, 0) is 58.1 Å². The van der Waals surface area contributed by atoms with Gasteiger partial charge in [0.05, 0.1) is 0 Å². The Bertz CT molecular complexity index is 478. The predicted octanol–water partition coefficient (Wildman–Crippen LogP) is 3.10. The number of esters is 1. The number of aryl methyl sites for hydroxylation is 2. The highest BCUT2D eigenvalue weighted by Gasteiger charge is 2.16. The van der Waals surface area contributed by atoms with Crippen LogP contribution in [0.5, 0.6) is 0 Å². The molecule has 0 aliphatic carbocycles. The number of hydrogen-bond acceptors (Lipinski definition) is 4. The summed E-state index contributed by atoms with van der Waals surface area (Å²) in [6.45, 7) is 6.67. The van der Waals surface area contributed by atoms with Crippen LogP contribution in [0.15, 0.2) is 12.1 Å². The van der Waals surface area contributed by atoms with Crippen LogP contribution < -0.4 is 5.32 Å².